The lowest BCUT2D eigenvalue weighted by atomic mass is 10.1. The van der Waals surface area contributed by atoms with Crippen molar-refractivity contribution in [2.24, 2.45) is 0 Å². The first-order chi connectivity index (χ1) is 10.3. The Labute approximate surface area is 133 Å². The van der Waals surface area contributed by atoms with Crippen LogP contribution in [0.5, 0.6) is 0 Å². The summed E-state index contributed by atoms with van der Waals surface area (Å²) in [6.07, 6.45) is 20.4. The maximum atomic E-state index is 2.59. The summed E-state index contributed by atoms with van der Waals surface area (Å²) in [6, 6.07) is 0. The zero-order valence-electron chi connectivity index (χ0n) is 14.8. The van der Waals surface area contributed by atoms with Gasteiger partial charge >= 0.3 is 0 Å². The number of unbranched alkanes of at least 4 members (excludes halogenated alkanes) is 7. The van der Waals surface area contributed by atoms with E-state index in [2.05, 4.69) is 43.0 Å². The summed E-state index contributed by atoms with van der Waals surface area (Å²) in [6.45, 7) is 9.33. The van der Waals surface area contributed by atoms with Crippen LogP contribution in [0, 0.1) is 0 Å². The maximum Gasteiger partial charge on any atom is 0.101 e. The molecular formula is C19H38N2. The van der Waals surface area contributed by atoms with Crippen LogP contribution >= 0.6 is 0 Å². The highest BCUT2D eigenvalue weighted by atomic mass is 15.4. The van der Waals surface area contributed by atoms with Crippen LogP contribution < -0.4 is 0 Å². The molecule has 1 rings (SSSR count). The fourth-order valence-corrected chi connectivity index (χ4v) is 3.24. The Bertz CT molecular complexity index is 262. The molecule has 0 radical (unpaired) electrons. The first-order valence-corrected chi connectivity index (χ1v) is 9.53. The van der Waals surface area contributed by atoms with E-state index in [9.17, 15) is 0 Å². The van der Waals surface area contributed by atoms with E-state index in [0.717, 1.165) is 0 Å². The standard InChI is InChI=1S/C19H38N2/c1-4-7-9-10-11-12-13-16-21-18-17-20(15-6-3)19(21)14-8-5-2/h17-19H,4-16H2,1-3H3. The van der Waals surface area contributed by atoms with Crippen molar-refractivity contribution in [1.82, 2.24) is 9.80 Å². The van der Waals surface area contributed by atoms with Crippen LogP contribution in [0.4, 0.5) is 0 Å². The van der Waals surface area contributed by atoms with Crippen LogP contribution in [-0.4, -0.2) is 29.1 Å². The van der Waals surface area contributed by atoms with E-state index >= 15 is 0 Å². The highest BCUT2D eigenvalue weighted by molar-refractivity contribution is 4.96. The molecule has 1 aliphatic rings. The topological polar surface area (TPSA) is 6.48 Å². The van der Waals surface area contributed by atoms with Gasteiger partial charge in [0.15, 0.2) is 0 Å². The second kappa shape index (κ2) is 11.9. The van der Waals surface area contributed by atoms with Crippen molar-refractivity contribution in [3.05, 3.63) is 12.4 Å². The van der Waals surface area contributed by atoms with E-state index in [0.29, 0.717) is 6.17 Å². The second-order valence-corrected chi connectivity index (χ2v) is 6.52. The van der Waals surface area contributed by atoms with Crippen molar-refractivity contribution in [3.63, 3.8) is 0 Å². The summed E-state index contributed by atoms with van der Waals surface area (Å²) in [5, 5.41) is 0. The molecule has 1 atom stereocenters. The van der Waals surface area contributed by atoms with Crippen LogP contribution in [0.1, 0.15) is 91.4 Å². The number of hydrogen-bond donors (Lipinski definition) is 0. The van der Waals surface area contributed by atoms with Crippen LogP contribution in [0.25, 0.3) is 0 Å². The van der Waals surface area contributed by atoms with Gasteiger partial charge in [-0.05, 0) is 25.7 Å². The van der Waals surface area contributed by atoms with Gasteiger partial charge in [-0.3, -0.25) is 0 Å². The molecule has 0 aromatic rings. The van der Waals surface area contributed by atoms with Gasteiger partial charge in [0, 0.05) is 25.5 Å². The minimum Gasteiger partial charge on any atom is -0.356 e. The number of rotatable bonds is 13. The van der Waals surface area contributed by atoms with Gasteiger partial charge in [-0.15, -0.1) is 0 Å². The molecule has 0 aromatic heterocycles. The van der Waals surface area contributed by atoms with Gasteiger partial charge in [-0.1, -0.05) is 65.7 Å². The Hall–Kier alpha value is -0.660. The van der Waals surface area contributed by atoms with Crippen LogP contribution in [0.3, 0.4) is 0 Å². The van der Waals surface area contributed by atoms with Crippen LogP contribution in [-0.2, 0) is 0 Å². The summed E-state index contributed by atoms with van der Waals surface area (Å²) in [4.78, 5) is 5.15. The normalized spacial score (nSPS) is 18.0. The largest absolute Gasteiger partial charge is 0.356 e. The quantitative estimate of drug-likeness (QED) is 0.399. The summed E-state index contributed by atoms with van der Waals surface area (Å²) in [7, 11) is 0. The van der Waals surface area contributed by atoms with Crippen molar-refractivity contribution in [2.45, 2.75) is 97.6 Å². The van der Waals surface area contributed by atoms with Crippen molar-refractivity contribution < 1.29 is 0 Å². The predicted molar refractivity (Wildman–Crippen MR) is 94.1 cm³/mol. The maximum absolute atomic E-state index is 2.59. The van der Waals surface area contributed by atoms with E-state index in [4.69, 9.17) is 0 Å². The minimum atomic E-state index is 0.644. The summed E-state index contributed by atoms with van der Waals surface area (Å²) in [5.74, 6) is 0. The SMILES string of the molecule is CCCCCCCCCN1C=CN(CCC)C1CCCC. The van der Waals surface area contributed by atoms with Crippen molar-refractivity contribution in [3.8, 4) is 0 Å². The summed E-state index contributed by atoms with van der Waals surface area (Å²) >= 11 is 0. The third kappa shape index (κ3) is 7.24. The monoisotopic (exact) mass is 294 g/mol. The molecule has 1 heterocycles. The summed E-state index contributed by atoms with van der Waals surface area (Å²) in [5.41, 5.74) is 0. The molecule has 2 heteroatoms. The molecule has 0 aliphatic carbocycles. The highest BCUT2D eigenvalue weighted by Crippen LogP contribution is 2.22. The van der Waals surface area contributed by atoms with Crippen LogP contribution in [0.2, 0.25) is 0 Å². The zero-order valence-corrected chi connectivity index (χ0v) is 14.8. The zero-order chi connectivity index (χ0) is 15.3. The Morgan fingerprint density at radius 3 is 1.81 bits per heavy atom. The molecule has 124 valence electrons. The summed E-state index contributed by atoms with van der Waals surface area (Å²) < 4.78 is 0. The second-order valence-electron chi connectivity index (χ2n) is 6.52. The van der Waals surface area contributed by atoms with E-state index in [-0.39, 0.29) is 0 Å². The highest BCUT2D eigenvalue weighted by Gasteiger charge is 2.24. The Morgan fingerprint density at radius 2 is 1.19 bits per heavy atom. The molecule has 0 fully saturated rings. The lowest BCUT2D eigenvalue weighted by Gasteiger charge is -2.33. The average Bonchev–Trinajstić information content (AvgIpc) is 2.87. The van der Waals surface area contributed by atoms with Crippen molar-refractivity contribution >= 4 is 0 Å². The Balaban J connectivity index is 2.20. The van der Waals surface area contributed by atoms with E-state index in [1.165, 1.54) is 83.7 Å². The van der Waals surface area contributed by atoms with E-state index < -0.39 is 0 Å². The fourth-order valence-electron chi connectivity index (χ4n) is 3.24. The fraction of sp³-hybridized carbons (Fsp3) is 0.895. The molecule has 0 spiro atoms. The molecule has 0 aromatic carbocycles. The third-order valence-electron chi connectivity index (χ3n) is 4.53. The van der Waals surface area contributed by atoms with Crippen LogP contribution in [0.15, 0.2) is 12.4 Å². The number of hydrogen-bond acceptors (Lipinski definition) is 2. The molecule has 0 bridgehead atoms. The minimum absolute atomic E-state index is 0.644. The molecule has 0 N–H and O–H groups in total. The molecular weight excluding hydrogens is 256 g/mol. The Kier molecular flexibility index (Phi) is 10.5. The van der Waals surface area contributed by atoms with Crippen molar-refractivity contribution in [1.29, 1.82) is 0 Å². The van der Waals surface area contributed by atoms with Gasteiger partial charge in [0.2, 0.25) is 0 Å². The molecule has 2 nitrogen and oxygen atoms in total. The lowest BCUT2D eigenvalue weighted by molar-refractivity contribution is 0.138. The average molecular weight is 295 g/mol. The first kappa shape index (κ1) is 18.4. The third-order valence-corrected chi connectivity index (χ3v) is 4.53. The first-order valence-electron chi connectivity index (χ1n) is 9.53. The molecule has 0 amide bonds. The smallest absolute Gasteiger partial charge is 0.101 e. The van der Waals surface area contributed by atoms with Crippen molar-refractivity contribution in [2.75, 3.05) is 13.1 Å². The predicted octanol–water partition coefficient (Wildman–Crippen LogP) is 5.75. The molecule has 0 saturated carbocycles. The van der Waals surface area contributed by atoms with E-state index in [1.54, 1.807) is 0 Å². The Morgan fingerprint density at radius 1 is 0.619 bits per heavy atom. The molecule has 21 heavy (non-hydrogen) atoms. The van der Waals surface area contributed by atoms with Gasteiger partial charge in [0.1, 0.15) is 6.17 Å². The van der Waals surface area contributed by atoms with Gasteiger partial charge in [-0.25, -0.2) is 0 Å². The van der Waals surface area contributed by atoms with Gasteiger partial charge < -0.3 is 9.80 Å². The van der Waals surface area contributed by atoms with E-state index in [1.807, 2.05) is 0 Å². The molecule has 1 unspecified atom stereocenters. The molecule has 0 saturated heterocycles. The van der Waals surface area contributed by atoms with Gasteiger partial charge in [0.25, 0.3) is 0 Å². The lowest BCUT2D eigenvalue weighted by Crippen LogP contribution is -2.39. The van der Waals surface area contributed by atoms with Gasteiger partial charge in [0.05, 0.1) is 0 Å². The number of nitrogens with zero attached hydrogens (tertiary/aromatic N) is 2. The molecule has 1 aliphatic heterocycles. The van der Waals surface area contributed by atoms with Gasteiger partial charge in [-0.2, -0.15) is 0 Å².